The van der Waals surface area contributed by atoms with E-state index in [2.05, 4.69) is 4.74 Å². The SMILES string of the molecule is COC(=O)c1cc(C)c([N+](=O)[O-])cc1N. The van der Waals surface area contributed by atoms with Crippen molar-refractivity contribution in [2.24, 2.45) is 0 Å². The van der Waals surface area contributed by atoms with Gasteiger partial charge >= 0.3 is 5.97 Å². The molecule has 0 saturated carbocycles. The molecule has 80 valence electrons. The second kappa shape index (κ2) is 3.95. The van der Waals surface area contributed by atoms with Crippen molar-refractivity contribution in [3.05, 3.63) is 33.4 Å². The molecule has 0 aromatic heterocycles. The van der Waals surface area contributed by atoms with Crippen LogP contribution in [0.3, 0.4) is 0 Å². The van der Waals surface area contributed by atoms with Gasteiger partial charge < -0.3 is 10.5 Å². The monoisotopic (exact) mass is 210 g/mol. The number of rotatable bonds is 2. The molecule has 0 unspecified atom stereocenters. The molecule has 0 aliphatic carbocycles. The molecule has 1 aromatic rings. The van der Waals surface area contributed by atoms with Crippen LogP contribution < -0.4 is 5.73 Å². The highest BCUT2D eigenvalue weighted by Gasteiger charge is 2.17. The molecular weight excluding hydrogens is 200 g/mol. The highest BCUT2D eigenvalue weighted by Crippen LogP contribution is 2.24. The van der Waals surface area contributed by atoms with Crippen LogP contribution in [-0.4, -0.2) is 18.0 Å². The molecule has 6 heteroatoms. The number of nitro benzene ring substituents is 1. The predicted molar refractivity (Wildman–Crippen MR) is 53.6 cm³/mol. The van der Waals surface area contributed by atoms with Gasteiger partial charge in [-0.2, -0.15) is 0 Å². The fourth-order valence-corrected chi connectivity index (χ4v) is 1.20. The van der Waals surface area contributed by atoms with Gasteiger partial charge in [-0.1, -0.05) is 0 Å². The number of esters is 1. The summed E-state index contributed by atoms with van der Waals surface area (Å²) in [6.45, 7) is 1.53. The number of benzene rings is 1. The molecule has 0 heterocycles. The molecule has 0 saturated heterocycles. The summed E-state index contributed by atoms with van der Waals surface area (Å²) in [6.07, 6.45) is 0. The number of methoxy groups -OCH3 is 1. The third-order valence-electron chi connectivity index (χ3n) is 1.97. The standard InChI is InChI=1S/C9H10N2O4/c1-5-3-6(9(12)15-2)7(10)4-8(5)11(13)14/h3-4H,10H2,1-2H3. The molecule has 0 radical (unpaired) electrons. The van der Waals surface area contributed by atoms with Gasteiger partial charge in [0.2, 0.25) is 0 Å². The third kappa shape index (κ3) is 2.04. The number of nitrogen functional groups attached to an aromatic ring is 1. The number of nitro groups is 1. The van der Waals surface area contributed by atoms with E-state index in [1.807, 2.05) is 0 Å². The molecule has 0 fully saturated rings. The van der Waals surface area contributed by atoms with Gasteiger partial charge in [-0.25, -0.2) is 4.79 Å². The Morgan fingerprint density at radius 1 is 1.53 bits per heavy atom. The Labute approximate surface area is 85.8 Å². The summed E-state index contributed by atoms with van der Waals surface area (Å²) in [5.41, 5.74) is 5.94. The van der Waals surface area contributed by atoms with E-state index in [1.165, 1.54) is 20.1 Å². The number of hydrogen-bond donors (Lipinski definition) is 1. The lowest BCUT2D eigenvalue weighted by molar-refractivity contribution is -0.385. The van der Waals surface area contributed by atoms with E-state index in [0.717, 1.165) is 6.07 Å². The van der Waals surface area contributed by atoms with E-state index < -0.39 is 10.9 Å². The van der Waals surface area contributed by atoms with Crippen LogP contribution >= 0.6 is 0 Å². The van der Waals surface area contributed by atoms with E-state index in [1.54, 1.807) is 0 Å². The molecular formula is C9H10N2O4. The Bertz CT molecular complexity index is 428. The fraction of sp³-hybridized carbons (Fsp3) is 0.222. The minimum atomic E-state index is -0.606. The molecule has 15 heavy (non-hydrogen) atoms. The zero-order chi connectivity index (χ0) is 11.6. The van der Waals surface area contributed by atoms with Crippen molar-refractivity contribution in [3.63, 3.8) is 0 Å². The summed E-state index contributed by atoms with van der Waals surface area (Å²) >= 11 is 0. The maximum absolute atomic E-state index is 11.2. The van der Waals surface area contributed by atoms with Crippen molar-refractivity contribution in [3.8, 4) is 0 Å². The second-order valence-electron chi connectivity index (χ2n) is 2.97. The normalized spacial score (nSPS) is 9.73. The summed E-state index contributed by atoms with van der Waals surface area (Å²) in [5, 5.41) is 10.6. The second-order valence-corrected chi connectivity index (χ2v) is 2.97. The van der Waals surface area contributed by atoms with E-state index in [4.69, 9.17) is 5.73 Å². The molecule has 0 aliphatic heterocycles. The van der Waals surface area contributed by atoms with Crippen LogP contribution in [0.15, 0.2) is 12.1 Å². The first-order chi connectivity index (χ1) is 6.97. The zero-order valence-corrected chi connectivity index (χ0v) is 8.31. The summed E-state index contributed by atoms with van der Waals surface area (Å²) < 4.78 is 4.48. The third-order valence-corrected chi connectivity index (χ3v) is 1.97. The van der Waals surface area contributed by atoms with E-state index in [9.17, 15) is 14.9 Å². The fourth-order valence-electron chi connectivity index (χ4n) is 1.20. The number of carbonyl (C=O) groups excluding carboxylic acids is 1. The van der Waals surface area contributed by atoms with Crippen LogP contribution in [0.4, 0.5) is 11.4 Å². The molecule has 1 rings (SSSR count). The number of anilines is 1. The smallest absolute Gasteiger partial charge is 0.339 e. The van der Waals surface area contributed by atoms with Gasteiger partial charge in [0.15, 0.2) is 0 Å². The van der Waals surface area contributed by atoms with Crippen LogP contribution in [0.5, 0.6) is 0 Å². The Kier molecular flexibility index (Phi) is 2.89. The zero-order valence-electron chi connectivity index (χ0n) is 8.31. The molecule has 0 amide bonds. The topological polar surface area (TPSA) is 95.5 Å². The molecule has 0 aliphatic rings. The van der Waals surface area contributed by atoms with E-state index >= 15 is 0 Å². The first-order valence-corrected chi connectivity index (χ1v) is 4.10. The predicted octanol–water partition coefficient (Wildman–Crippen LogP) is 1.27. The number of nitrogens with two attached hydrogens (primary N) is 1. The Morgan fingerprint density at radius 2 is 2.13 bits per heavy atom. The minimum Gasteiger partial charge on any atom is -0.465 e. The highest BCUT2D eigenvalue weighted by atomic mass is 16.6. The van der Waals surface area contributed by atoms with Crippen molar-refractivity contribution in [1.29, 1.82) is 0 Å². The summed E-state index contributed by atoms with van der Waals surface area (Å²) in [4.78, 5) is 21.2. The maximum atomic E-state index is 11.2. The summed E-state index contributed by atoms with van der Waals surface area (Å²) in [7, 11) is 1.22. The lowest BCUT2D eigenvalue weighted by Gasteiger charge is -2.05. The summed E-state index contributed by atoms with van der Waals surface area (Å²) in [5.74, 6) is -0.606. The highest BCUT2D eigenvalue weighted by molar-refractivity contribution is 5.95. The largest absolute Gasteiger partial charge is 0.465 e. The minimum absolute atomic E-state index is 0.0409. The Morgan fingerprint density at radius 3 is 2.60 bits per heavy atom. The van der Waals surface area contributed by atoms with Crippen molar-refractivity contribution < 1.29 is 14.5 Å². The molecule has 0 bridgehead atoms. The lowest BCUT2D eigenvalue weighted by Crippen LogP contribution is -2.07. The maximum Gasteiger partial charge on any atom is 0.339 e. The van der Waals surface area contributed by atoms with Gasteiger partial charge in [-0.3, -0.25) is 10.1 Å². The molecule has 0 spiro atoms. The van der Waals surface area contributed by atoms with Crippen LogP contribution in [0.25, 0.3) is 0 Å². The van der Waals surface area contributed by atoms with Crippen molar-refractivity contribution in [2.45, 2.75) is 6.92 Å². The number of nitrogens with zero attached hydrogens (tertiary/aromatic N) is 1. The Balaban J connectivity index is 3.31. The number of carbonyl (C=O) groups is 1. The molecule has 0 atom stereocenters. The quantitative estimate of drug-likeness (QED) is 0.343. The van der Waals surface area contributed by atoms with E-state index in [0.29, 0.717) is 5.56 Å². The van der Waals surface area contributed by atoms with Crippen molar-refractivity contribution in [2.75, 3.05) is 12.8 Å². The van der Waals surface area contributed by atoms with Crippen molar-refractivity contribution >= 4 is 17.3 Å². The first kappa shape index (κ1) is 11.0. The van der Waals surface area contributed by atoms with Crippen molar-refractivity contribution in [1.82, 2.24) is 0 Å². The average Bonchev–Trinajstić information content (AvgIpc) is 2.19. The van der Waals surface area contributed by atoms with Gasteiger partial charge in [-0.05, 0) is 13.0 Å². The molecule has 6 nitrogen and oxygen atoms in total. The average molecular weight is 210 g/mol. The molecule has 1 aromatic carbocycles. The summed E-state index contributed by atoms with van der Waals surface area (Å²) in [6, 6.07) is 2.50. The van der Waals surface area contributed by atoms with Crippen LogP contribution in [0.1, 0.15) is 15.9 Å². The van der Waals surface area contributed by atoms with Gasteiger partial charge in [0.05, 0.1) is 23.3 Å². The van der Waals surface area contributed by atoms with Gasteiger partial charge in [-0.15, -0.1) is 0 Å². The molecule has 2 N–H and O–H groups in total. The van der Waals surface area contributed by atoms with Gasteiger partial charge in [0, 0.05) is 11.6 Å². The van der Waals surface area contributed by atoms with Crippen LogP contribution in [0.2, 0.25) is 0 Å². The van der Waals surface area contributed by atoms with Gasteiger partial charge in [0.1, 0.15) is 0 Å². The number of aryl methyl sites for hydroxylation is 1. The van der Waals surface area contributed by atoms with Crippen LogP contribution in [0, 0.1) is 17.0 Å². The van der Waals surface area contributed by atoms with Crippen LogP contribution in [-0.2, 0) is 4.74 Å². The number of hydrogen-bond acceptors (Lipinski definition) is 5. The van der Waals surface area contributed by atoms with E-state index in [-0.39, 0.29) is 16.9 Å². The Hall–Kier alpha value is -2.11. The lowest BCUT2D eigenvalue weighted by atomic mass is 10.1. The first-order valence-electron chi connectivity index (χ1n) is 4.10. The number of ether oxygens (including phenoxy) is 1. The van der Waals surface area contributed by atoms with Gasteiger partial charge in [0.25, 0.3) is 5.69 Å².